The van der Waals surface area contributed by atoms with E-state index in [2.05, 4.69) is 47.5 Å². The molecule has 0 saturated carbocycles. The number of ether oxygens (including phenoxy) is 1. The molecule has 0 spiro atoms. The van der Waals surface area contributed by atoms with Gasteiger partial charge in [-0.1, -0.05) is 18.2 Å². The summed E-state index contributed by atoms with van der Waals surface area (Å²) in [6.07, 6.45) is -0.477. The molecule has 0 saturated heterocycles. The number of aryl methyl sites for hydroxylation is 1. The predicted molar refractivity (Wildman–Crippen MR) is 91.5 cm³/mol. The Labute approximate surface area is 137 Å². The molecule has 0 bridgehead atoms. The van der Waals surface area contributed by atoms with Crippen LogP contribution in [0.1, 0.15) is 37.7 Å². The highest BCUT2D eigenvalue weighted by molar-refractivity contribution is 5.67. The molecule has 0 aliphatic heterocycles. The fourth-order valence-corrected chi connectivity index (χ4v) is 2.50. The molecule has 0 fully saturated rings. The maximum absolute atomic E-state index is 11.6. The fourth-order valence-electron chi connectivity index (χ4n) is 2.50. The van der Waals surface area contributed by atoms with Crippen molar-refractivity contribution in [2.24, 2.45) is 0 Å². The van der Waals surface area contributed by atoms with Gasteiger partial charge in [0.25, 0.3) is 0 Å². The van der Waals surface area contributed by atoms with E-state index in [4.69, 9.17) is 4.74 Å². The SMILES string of the molecule is Cc1cc(CNNC(=O)OC(C)(C)C)c(C)n1-c1ccccc1. The third-order valence-corrected chi connectivity index (χ3v) is 3.42. The molecule has 5 heteroatoms. The van der Waals surface area contributed by atoms with Crippen molar-refractivity contribution in [2.75, 3.05) is 0 Å². The number of nitrogens with zero attached hydrogens (tertiary/aromatic N) is 1. The van der Waals surface area contributed by atoms with Crippen LogP contribution in [0.15, 0.2) is 36.4 Å². The summed E-state index contributed by atoms with van der Waals surface area (Å²) in [4.78, 5) is 11.6. The average molecular weight is 315 g/mol. The summed E-state index contributed by atoms with van der Waals surface area (Å²) in [5, 5.41) is 0. The minimum absolute atomic E-state index is 0.477. The Morgan fingerprint density at radius 1 is 1.17 bits per heavy atom. The van der Waals surface area contributed by atoms with Crippen molar-refractivity contribution in [1.82, 2.24) is 15.4 Å². The van der Waals surface area contributed by atoms with Crippen molar-refractivity contribution < 1.29 is 9.53 Å². The number of nitrogens with one attached hydrogen (secondary N) is 2. The van der Waals surface area contributed by atoms with Crippen molar-refractivity contribution in [3.63, 3.8) is 0 Å². The molecule has 0 radical (unpaired) electrons. The number of carbonyl (C=O) groups excluding carboxylic acids is 1. The molecule has 0 aliphatic rings. The summed E-state index contributed by atoms with van der Waals surface area (Å²) in [6.45, 7) is 10.2. The lowest BCUT2D eigenvalue weighted by Crippen LogP contribution is -2.40. The lowest BCUT2D eigenvalue weighted by atomic mass is 10.2. The highest BCUT2D eigenvalue weighted by atomic mass is 16.6. The highest BCUT2D eigenvalue weighted by Crippen LogP contribution is 2.20. The monoisotopic (exact) mass is 315 g/mol. The van der Waals surface area contributed by atoms with Crippen LogP contribution >= 0.6 is 0 Å². The van der Waals surface area contributed by atoms with Crippen molar-refractivity contribution in [2.45, 2.75) is 46.8 Å². The minimum atomic E-state index is -0.505. The van der Waals surface area contributed by atoms with Crippen LogP contribution in [0.25, 0.3) is 5.69 Å². The molecule has 124 valence electrons. The molecule has 2 N–H and O–H groups in total. The molecule has 1 aromatic heterocycles. The number of aromatic nitrogens is 1. The molecular formula is C18H25N3O2. The first kappa shape index (κ1) is 17.1. The van der Waals surface area contributed by atoms with E-state index in [0.717, 1.165) is 22.6 Å². The molecule has 2 rings (SSSR count). The van der Waals surface area contributed by atoms with E-state index in [1.165, 1.54) is 0 Å². The van der Waals surface area contributed by atoms with Crippen molar-refractivity contribution >= 4 is 6.09 Å². The van der Waals surface area contributed by atoms with Crippen LogP contribution in [-0.2, 0) is 11.3 Å². The molecular weight excluding hydrogens is 290 g/mol. The van der Waals surface area contributed by atoms with Gasteiger partial charge in [-0.2, -0.15) is 0 Å². The lowest BCUT2D eigenvalue weighted by Gasteiger charge is -2.19. The molecule has 1 amide bonds. The van der Waals surface area contributed by atoms with E-state index >= 15 is 0 Å². The second kappa shape index (κ2) is 6.87. The Morgan fingerprint density at radius 3 is 2.43 bits per heavy atom. The molecule has 23 heavy (non-hydrogen) atoms. The highest BCUT2D eigenvalue weighted by Gasteiger charge is 2.16. The smallest absolute Gasteiger partial charge is 0.422 e. The number of hydrogen-bond donors (Lipinski definition) is 2. The Hall–Kier alpha value is -2.27. The molecule has 1 heterocycles. The molecule has 0 atom stereocenters. The van der Waals surface area contributed by atoms with Crippen molar-refractivity contribution in [3.8, 4) is 5.69 Å². The van der Waals surface area contributed by atoms with Gasteiger partial charge in [0.2, 0.25) is 0 Å². The van der Waals surface area contributed by atoms with Crippen LogP contribution in [0.5, 0.6) is 0 Å². The molecule has 2 aromatic rings. The predicted octanol–water partition coefficient (Wildman–Crippen LogP) is 3.62. The van der Waals surface area contributed by atoms with Crippen molar-refractivity contribution in [1.29, 1.82) is 0 Å². The second-order valence-electron chi connectivity index (χ2n) is 6.55. The van der Waals surface area contributed by atoms with Crippen LogP contribution in [-0.4, -0.2) is 16.3 Å². The van der Waals surface area contributed by atoms with Crippen LogP contribution in [0.3, 0.4) is 0 Å². The van der Waals surface area contributed by atoms with Crippen LogP contribution in [0.4, 0.5) is 4.79 Å². The van der Waals surface area contributed by atoms with Gasteiger partial charge < -0.3 is 9.30 Å². The topological polar surface area (TPSA) is 55.3 Å². The number of hydrogen-bond acceptors (Lipinski definition) is 3. The van der Waals surface area contributed by atoms with Gasteiger partial charge >= 0.3 is 6.09 Å². The first-order valence-electron chi connectivity index (χ1n) is 7.73. The zero-order chi connectivity index (χ0) is 17.0. The number of benzene rings is 1. The fraction of sp³-hybridized carbons (Fsp3) is 0.389. The van der Waals surface area contributed by atoms with E-state index in [1.807, 2.05) is 39.0 Å². The summed E-state index contributed by atoms with van der Waals surface area (Å²) >= 11 is 0. The second-order valence-corrected chi connectivity index (χ2v) is 6.55. The Kier molecular flexibility index (Phi) is 5.11. The van der Waals surface area contributed by atoms with E-state index in [-0.39, 0.29) is 0 Å². The lowest BCUT2D eigenvalue weighted by molar-refractivity contribution is 0.0497. The quantitative estimate of drug-likeness (QED) is 0.847. The number of carbonyl (C=O) groups is 1. The zero-order valence-corrected chi connectivity index (χ0v) is 14.4. The summed E-state index contributed by atoms with van der Waals surface area (Å²) in [5.41, 5.74) is 9.54. The normalized spacial score (nSPS) is 11.3. The van der Waals surface area contributed by atoms with Crippen LogP contribution in [0, 0.1) is 13.8 Å². The summed E-state index contributed by atoms with van der Waals surface area (Å²) in [6, 6.07) is 12.3. The standard InChI is InChI=1S/C18H25N3O2/c1-13-11-15(12-19-20-17(22)23-18(3,4)5)14(2)21(13)16-9-7-6-8-10-16/h6-11,19H,12H2,1-5H3,(H,20,22). The van der Waals surface area contributed by atoms with Gasteiger partial charge in [0.15, 0.2) is 0 Å². The Morgan fingerprint density at radius 2 is 1.83 bits per heavy atom. The Bertz CT molecular complexity index is 670. The van der Waals surface area contributed by atoms with Gasteiger partial charge in [0.1, 0.15) is 5.60 Å². The number of hydrazine groups is 1. The third kappa shape index (κ3) is 4.60. The van der Waals surface area contributed by atoms with Gasteiger partial charge in [0.05, 0.1) is 0 Å². The molecule has 5 nitrogen and oxygen atoms in total. The molecule has 0 aliphatic carbocycles. The van der Waals surface area contributed by atoms with Crippen LogP contribution in [0.2, 0.25) is 0 Å². The van der Waals surface area contributed by atoms with E-state index in [0.29, 0.717) is 6.54 Å². The third-order valence-electron chi connectivity index (χ3n) is 3.42. The molecule has 0 unspecified atom stereocenters. The van der Waals surface area contributed by atoms with E-state index in [1.54, 1.807) is 0 Å². The average Bonchev–Trinajstić information content (AvgIpc) is 2.72. The molecule has 1 aromatic carbocycles. The van der Waals surface area contributed by atoms with Gasteiger partial charge in [-0.15, -0.1) is 0 Å². The maximum atomic E-state index is 11.6. The Balaban J connectivity index is 2.01. The summed E-state index contributed by atoms with van der Waals surface area (Å²) in [7, 11) is 0. The van der Waals surface area contributed by atoms with Crippen molar-refractivity contribution in [3.05, 3.63) is 53.3 Å². The zero-order valence-electron chi connectivity index (χ0n) is 14.4. The van der Waals surface area contributed by atoms with Crippen LogP contribution < -0.4 is 10.9 Å². The van der Waals surface area contributed by atoms with Gasteiger partial charge in [-0.05, 0) is 58.4 Å². The first-order valence-corrected chi connectivity index (χ1v) is 7.73. The van der Waals surface area contributed by atoms with Gasteiger partial charge in [-0.3, -0.25) is 5.43 Å². The summed E-state index contributed by atoms with van der Waals surface area (Å²) < 4.78 is 7.39. The van der Waals surface area contributed by atoms with Gasteiger partial charge in [0, 0.05) is 23.6 Å². The number of rotatable bonds is 4. The minimum Gasteiger partial charge on any atom is -0.443 e. The number of amides is 1. The number of para-hydroxylation sites is 1. The van der Waals surface area contributed by atoms with E-state index < -0.39 is 11.7 Å². The van der Waals surface area contributed by atoms with Gasteiger partial charge in [-0.25, -0.2) is 10.2 Å². The maximum Gasteiger partial charge on any atom is 0.422 e. The van der Waals surface area contributed by atoms with E-state index in [9.17, 15) is 4.79 Å². The summed E-state index contributed by atoms with van der Waals surface area (Å²) in [5.74, 6) is 0. The first-order chi connectivity index (χ1) is 10.8. The largest absolute Gasteiger partial charge is 0.443 e.